The summed E-state index contributed by atoms with van der Waals surface area (Å²) in [6.07, 6.45) is 6.60. The van der Waals surface area contributed by atoms with Crippen molar-refractivity contribution in [2.24, 2.45) is 0 Å². The van der Waals surface area contributed by atoms with E-state index in [1.165, 1.54) is 48.4 Å². The summed E-state index contributed by atoms with van der Waals surface area (Å²) < 4.78 is 7.66. The van der Waals surface area contributed by atoms with Gasteiger partial charge in [0.1, 0.15) is 5.01 Å². The van der Waals surface area contributed by atoms with Crippen LogP contribution < -0.4 is 0 Å². The lowest BCUT2D eigenvalue weighted by Crippen LogP contribution is -2.36. The van der Waals surface area contributed by atoms with Crippen LogP contribution in [0.1, 0.15) is 48.7 Å². The largest absolute Gasteiger partial charge is 0.379 e. The van der Waals surface area contributed by atoms with Gasteiger partial charge in [0.25, 0.3) is 0 Å². The molecule has 0 atom stereocenters. The predicted octanol–water partition coefficient (Wildman–Crippen LogP) is 4.34. The predicted molar refractivity (Wildman–Crippen MR) is 108 cm³/mol. The SMILES string of the molecule is c1ccc(-c2nc3sc(C4CCCCC4)nn3c2CN2CCOCC2)cc1. The molecule has 0 radical (unpaired) electrons. The number of benzene rings is 1. The molecule has 1 aliphatic heterocycles. The van der Waals surface area contributed by atoms with Gasteiger partial charge in [-0.2, -0.15) is 5.10 Å². The maximum atomic E-state index is 5.53. The fourth-order valence-corrected chi connectivity index (χ4v) is 5.35. The molecule has 0 amide bonds. The van der Waals surface area contributed by atoms with Crippen LogP contribution in [0.15, 0.2) is 30.3 Å². The number of nitrogens with zero attached hydrogens (tertiary/aromatic N) is 4. The Balaban J connectivity index is 1.54. The van der Waals surface area contributed by atoms with Gasteiger partial charge in [-0.3, -0.25) is 4.90 Å². The molecule has 1 aromatic carbocycles. The molecule has 3 aromatic rings. The maximum absolute atomic E-state index is 5.53. The lowest BCUT2D eigenvalue weighted by molar-refractivity contribution is 0.0335. The first-order valence-electron chi connectivity index (χ1n) is 10.1. The zero-order chi connectivity index (χ0) is 18.1. The molecule has 2 aromatic heterocycles. The van der Waals surface area contributed by atoms with Crippen molar-refractivity contribution in [2.75, 3.05) is 26.3 Å². The van der Waals surface area contributed by atoms with Crippen LogP contribution in [0.3, 0.4) is 0 Å². The number of rotatable bonds is 4. The molecule has 2 fully saturated rings. The molecule has 5 nitrogen and oxygen atoms in total. The van der Waals surface area contributed by atoms with Crippen molar-refractivity contribution >= 4 is 16.3 Å². The molecular formula is C21H26N4OS. The zero-order valence-corrected chi connectivity index (χ0v) is 16.5. The Morgan fingerprint density at radius 2 is 1.81 bits per heavy atom. The van der Waals surface area contributed by atoms with E-state index >= 15 is 0 Å². The van der Waals surface area contributed by atoms with Gasteiger partial charge < -0.3 is 4.74 Å². The third kappa shape index (κ3) is 3.53. The fourth-order valence-electron chi connectivity index (χ4n) is 4.26. The quantitative estimate of drug-likeness (QED) is 0.673. The van der Waals surface area contributed by atoms with Gasteiger partial charge in [0.05, 0.1) is 24.6 Å². The molecule has 3 heterocycles. The molecule has 142 valence electrons. The van der Waals surface area contributed by atoms with E-state index in [1.807, 2.05) is 0 Å². The van der Waals surface area contributed by atoms with Gasteiger partial charge in [0.15, 0.2) is 0 Å². The molecule has 0 N–H and O–H groups in total. The second kappa shape index (κ2) is 7.70. The summed E-state index contributed by atoms with van der Waals surface area (Å²) in [4.78, 5) is 8.52. The summed E-state index contributed by atoms with van der Waals surface area (Å²) in [6, 6.07) is 10.5. The first-order valence-corrected chi connectivity index (χ1v) is 10.9. The van der Waals surface area contributed by atoms with Crippen molar-refractivity contribution in [3.8, 4) is 11.3 Å². The van der Waals surface area contributed by atoms with E-state index in [1.54, 1.807) is 11.3 Å². The van der Waals surface area contributed by atoms with Crippen molar-refractivity contribution < 1.29 is 4.74 Å². The molecule has 2 aliphatic rings. The molecule has 6 heteroatoms. The van der Waals surface area contributed by atoms with Crippen LogP contribution in [0, 0.1) is 0 Å². The Kier molecular flexibility index (Phi) is 4.95. The Labute approximate surface area is 164 Å². The summed E-state index contributed by atoms with van der Waals surface area (Å²) in [5.74, 6) is 0.627. The number of hydrogen-bond donors (Lipinski definition) is 0. The van der Waals surface area contributed by atoms with Gasteiger partial charge in [-0.15, -0.1) is 0 Å². The molecule has 5 rings (SSSR count). The number of morpholine rings is 1. The Morgan fingerprint density at radius 1 is 1.04 bits per heavy atom. The van der Waals surface area contributed by atoms with E-state index in [2.05, 4.69) is 39.7 Å². The number of imidazole rings is 1. The summed E-state index contributed by atoms with van der Waals surface area (Å²) in [5, 5.41) is 6.34. The smallest absolute Gasteiger partial charge is 0.213 e. The zero-order valence-electron chi connectivity index (χ0n) is 15.6. The summed E-state index contributed by atoms with van der Waals surface area (Å²) in [7, 11) is 0. The van der Waals surface area contributed by atoms with Crippen LogP contribution in [0.5, 0.6) is 0 Å². The van der Waals surface area contributed by atoms with Gasteiger partial charge in [-0.25, -0.2) is 9.50 Å². The van der Waals surface area contributed by atoms with Crippen LogP contribution in [0.4, 0.5) is 0 Å². The minimum absolute atomic E-state index is 0.627. The van der Waals surface area contributed by atoms with Gasteiger partial charge in [0, 0.05) is 31.1 Å². The number of fused-ring (bicyclic) bond motifs is 1. The standard InChI is InChI=1S/C21H26N4OS/c1-3-7-16(8-4-1)19-18(15-24-11-13-26-14-12-24)25-21(22-19)27-20(23-25)17-9-5-2-6-10-17/h1,3-4,7-8,17H,2,5-6,9-15H2. The van der Waals surface area contributed by atoms with Crippen LogP contribution in [-0.2, 0) is 11.3 Å². The van der Waals surface area contributed by atoms with E-state index < -0.39 is 0 Å². The lowest BCUT2D eigenvalue weighted by atomic mass is 9.90. The van der Waals surface area contributed by atoms with Gasteiger partial charge >= 0.3 is 0 Å². The first-order chi connectivity index (χ1) is 13.4. The number of ether oxygens (including phenoxy) is 1. The molecule has 1 saturated heterocycles. The highest BCUT2D eigenvalue weighted by Crippen LogP contribution is 2.36. The number of hydrogen-bond acceptors (Lipinski definition) is 5. The van der Waals surface area contributed by atoms with Crippen LogP contribution in [-0.4, -0.2) is 45.8 Å². The Bertz CT molecular complexity index is 892. The molecule has 1 saturated carbocycles. The summed E-state index contributed by atoms with van der Waals surface area (Å²) >= 11 is 1.79. The van der Waals surface area contributed by atoms with E-state index in [9.17, 15) is 0 Å². The molecule has 0 bridgehead atoms. The van der Waals surface area contributed by atoms with Crippen molar-refractivity contribution in [3.05, 3.63) is 41.0 Å². The summed E-state index contributed by atoms with van der Waals surface area (Å²) in [5.41, 5.74) is 3.48. The van der Waals surface area contributed by atoms with Crippen LogP contribution in [0.25, 0.3) is 16.2 Å². The van der Waals surface area contributed by atoms with Crippen molar-refractivity contribution in [1.29, 1.82) is 0 Å². The highest BCUT2D eigenvalue weighted by atomic mass is 32.1. The van der Waals surface area contributed by atoms with E-state index in [0.717, 1.165) is 43.5 Å². The van der Waals surface area contributed by atoms with Gasteiger partial charge in [-0.1, -0.05) is 60.9 Å². The summed E-state index contributed by atoms with van der Waals surface area (Å²) in [6.45, 7) is 4.45. The van der Waals surface area contributed by atoms with E-state index in [-0.39, 0.29) is 0 Å². The molecule has 0 unspecified atom stereocenters. The molecule has 27 heavy (non-hydrogen) atoms. The van der Waals surface area contributed by atoms with Gasteiger partial charge in [-0.05, 0) is 12.8 Å². The number of aromatic nitrogens is 3. The second-order valence-electron chi connectivity index (χ2n) is 7.63. The van der Waals surface area contributed by atoms with Crippen molar-refractivity contribution in [2.45, 2.75) is 44.6 Å². The highest BCUT2D eigenvalue weighted by Gasteiger charge is 2.24. The fraction of sp³-hybridized carbons (Fsp3) is 0.524. The maximum Gasteiger partial charge on any atom is 0.213 e. The van der Waals surface area contributed by atoms with Gasteiger partial charge in [0.2, 0.25) is 4.96 Å². The molecular weight excluding hydrogens is 356 g/mol. The van der Waals surface area contributed by atoms with Crippen LogP contribution >= 0.6 is 11.3 Å². The third-order valence-electron chi connectivity index (χ3n) is 5.79. The normalized spacial score (nSPS) is 19.7. The highest BCUT2D eigenvalue weighted by molar-refractivity contribution is 7.16. The Morgan fingerprint density at radius 3 is 2.59 bits per heavy atom. The third-order valence-corrected chi connectivity index (χ3v) is 6.86. The molecule has 1 aliphatic carbocycles. The average Bonchev–Trinajstić information content (AvgIpc) is 3.30. The van der Waals surface area contributed by atoms with E-state index in [4.69, 9.17) is 14.8 Å². The Hall–Kier alpha value is -1.76. The molecule has 0 spiro atoms. The monoisotopic (exact) mass is 382 g/mol. The first kappa shape index (κ1) is 17.3. The van der Waals surface area contributed by atoms with Crippen molar-refractivity contribution in [1.82, 2.24) is 19.5 Å². The lowest BCUT2D eigenvalue weighted by Gasteiger charge is -2.26. The minimum Gasteiger partial charge on any atom is -0.379 e. The average molecular weight is 383 g/mol. The minimum atomic E-state index is 0.627. The van der Waals surface area contributed by atoms with Crippen LogP contribution in [0.2, 0.25) is 0 Å². The van der Waals surface area contributed by atoms with E-state index in [0.29, 0.717) is 5.92 Å². The van der Waals surface area contributed by atoms with Crippen molar-refractivity contribution in [3.63, 3.8) is 0 Å². The second-order valence-corrected chi connectivity index (χ2v) is 8.62. The topological polar surface area (TPSA) is 42.7 Å².